The molecule has 0 aliphatic carbocycles. The van der Waals surface area contributed by atoms with E-state index in [0.717, 1.165) is 135 Å². The van der Waals surface area contributed by atoms with Crippen molar-refractivity contribution in [1.82, 2.24) is 0 Å². The van der Waals surface area contributed by atoms with Crippen molar-refractivity contribution in [1.29, 1.82) is 0 Å². The van der Waals surface area contributed by atoms with Crippen molar-refractivity contribution in [2.45, 2.75) is 277 Å². The SMILES string of the molecule is CC/C=C\C/C=C\C/C=C\C/C=C\C/C=C\CCCCCC(=O)OC(COC(=O)CCCCCCC/C=C\CCCCCCC)COC(=O)CCCCCCCCCCCC/C=C\C/C=C\C/C=C\C/C=C\CC. The Morgan fingerprint density at radius 3 is 0.851 bits per heavy atom. The van der Waals surface area contributed by atoms with Gasteiger partial charge in [0.05, 0.1) is 0 Å². The van der Waals surface area contributed by atoms with Gasteiger partial charge in [0, 0.05) is 19.3 Å². The molecule has 0 aliphatic rings. The molecule has 0 bridgehead atoms. The number of esters is 3. The van der Waals surface area contributed by atoms with Gasteiger partial charge in [0.1, 0.15) is 13.2 Å². The summed E-state index contributed by atoms with van der Waals surface area (Å²) < 4.78 is 16.9. The molecule has 0 aliphatic heterocycles. The lowest BCUT2D eigenvalue weighted by Gasteiger charge is -2.18. The Morgan fingerprint density at radius 2 is 0.527 bits per heavy atom. The topological polar surface area (TPSA) is 78.9 Å². The van der Waals surface area contributed by atoms with Crippen molar-refractivity contribution >= 4 is 17.9 Å². The molecule has 0 spiro atoms. The van der Waals surface area contributed by atoms with E-state index in [1.54, 1.807) is 0 Å². The minimum atomic E-state index is -0.805. The van der Waals surface area contributed by atoms with Crippen LogP contribution in [-0.4, -0.2) is 37.2 Å². The molecule has 74 heavy (non-hydrogen) atoms. The Labute approximate surface area is 456 Å². The van der Waals surface area contributed by atoms with Gasteiger partial charge < -0.3 is 14.2 Å². The summed E-state index contributed by atoms with van der Waals surface area (Å²) in [5.74, 6) is -0.941. The van der Waals surface area contributed by atoms with Crippen LogP contribution in [0.4, 0.5) is 0 Å². The number of rotatable bonds is 54. The van der Waals surface area contributed by atoms with Crippen molar-refractivity contribution in [2.24, 2.45) is 0 Å². The second-order valence-electron chi connectivity index (χ2n) is 19.8. The van der Waals surface area contributed by atoms with E-state index in [2.05, 4.69) is 142 Å². The molecule has 6 nitrogen and oxygen atoms in total. The predicted molar refractivity (Wildman–Crippen MR) is 320 cm³/mol. The van der Waals surface area contributed by atoms with Gasteiger partial charge in [-0.05, 0) is 128 Å². The van der Waals surface area contributed by atoms with E-state index < -0.39 is 6.10 Å². The molecular formula is C68H112O6. The zero-order valence-corrected chi connectivity index (χ0v) is 48.1. The maximum absolute atomic E-state index is 12.9. The smallest absolute Gasteiger partial charge is 0.306 e. The summed E-state index contributed by atoms with van der Waals surface area (Å²) in [6.07, 6.45) is 84.8. The normalized spacial score (nSPS) is 13.0. The van der Waals surface area contributed by atoms with E-state index in [-0.39, 0.29) is 37.5 Å². The van der Waals surface area contributed by atoms with Gasteiger partial charge in [-0.3, -0.25) is 14.4 Å². The molecule has 0 fully saturated rings. The summed E-state index contributed by atoms with van der Waals surface area (Å²) in [6.45, 7) is 6.37. The van der Waals surface area contributed by atoms with Crippen molar-refractivity contribution in [3.63, 3.8) is 0 Å². The van der Waals surface area contributed by atoms with Gasteiger partial charge >= 0.3 is 17.9 Å². The van der Waals surface area contributed by atoms with E-state index in [1.165, 1.54) is 96.3 Å². The van der Waals surface area contributed by atoms with E-state index in [9.17, 15) is 14.4 Å². The number of ether oxygens (including phenoxy) is 3. The molecule has 1 unspecified atom stereocenters. The zero-order chi connectivity index (χ0) is 53.6. The third-order valence-electron chi connectivity index (χ3n) is 12.7. The summed E-state index contributed by atoms with van der Waals surface area (Å²) in [7, 11) is 0. The summed E-state index contributed by atoms with van der Waals surface area (Å²) >= 11 is 0. The van der Waals surface area contributed by atoms with Gasteiger partial charge in [0.15, 0.2) is 6.10 Å². The van der Waals surface area contributed by atoms with E-state index >= 15 is 0 Å². The van der Waals surface area contributed by atoms with Crippen LogP contribution in [0.3, 0.4) is 0 Å². The fourth-order valence-electron chi connectivity index (χ4n) is 8.16. The van der Waals surface area contributed by atoms with Gasteiger partial charge in [0.2, 0.25) is 0 Å². The minimum Gasteiger partial charge on any atom is -0.462 e. The van der Waals surface area contributed by atoms with E-state index in [4.69, 9.17) is 14.2 Å². The predicted octanol–water partition coefficient (Wildman–Crippen LogP) is 20.8. The van der Waals surface area contributed by atoms with Crippen LogP contribution in [-0.2, 0) is 28.6 Å². The lowest BCUT2D eigenvalue weighted by atomic mass is 10.1. The van der Waals surface area contributed by atoms with Gasteiger partial charge in [0.25, 0.3) is 0 Å². The molecule has 0 aromatic rings. The first-order chi connectivity index (χ1) is 36.5. The van der Waals surface area contributed by atoms with Crippen LogP contribution in [0.5, 0.6) is 0 Å². The molecule has 0 radical (unpaired) electrons. The molecule has 0 saturated carbocycles. The van der Waals surface area contributed by atoms with Crippen molar-refractivity contribution in [3.8, 4) is 0 Å². The molecule has 0 rings (SSSR count). The average molecular weight is 1030 g/mol. The van der Waals surface area contributed by atoms with Crippen molar-refractivity contribution in [3.05, 3.63) is 122 Å². The molecule has 6 heteroatoms. The quantitative estimate of drug-likeness (QED) is 0.0261. The molecule has 0 heterocycles. The number of carbonyl (C=O) groups excluding carboxylic acids is 3. The zero-order valence-electron chi connectivity index (χ0n) is 48.1. The maximum atomic E-state index is 12.9. The third-order valence-corrected chi connectivity index (χ3v) is 12.7. The maximum Gasteiger partial charge on any atom is 0.306 e. The lowest BCUT2D eigenvalue weighted by Crippen LogP contribution is -2.30. The minimum absolute atomic E-state index is 0.0985. The van der Waals surface area contributed by atoms with Crippen LogP contribution in [0.15, 0.2) is 122 Å². The molecule has 0 amide bonds. The molecule has 420 valence electrons. The monoisotopic (exact) mass is 1020 g/mol. The summed E-state index contributed by atoms with van der Waals surface area (Å²) in [4.78, 5) is 38.3. The van der Waals surface area contributed by atoms with Gasteiger partial charge in [-0.25, -0.2) is 0 Å². The Kier molecular flexibility index (Phi) is 57.9. The average Bonchev–Trinajstić information content (AvgIpc) is 3.40. The van der Waals surface area contributed by atoms with Gasteiger partial charge in [-0.15, -0.1) is 0 Å². The highest BCUT2D eigenvalue weighted by atomic mass is 16.6. The molecule has 0 aromatic carbocycles. The number of hydrogen-bond donors (Lipinski definition) is 0. The van der Waals surface area contributed by atoms with E-state index in [0.29, 0.717) is 12.8 Å². The number of unbranched alkanes of at least 4 members (excludes halogenated alkanes) is 23. The number of allylic oxidation sites excluding steroid dienone is 20. The number of hydrogen-bond acceptors (Lipinski definition) is 6. The number of carbonyl (C=O) groups is 3. The van der Waals surface area contributed by atoms with E-state index in [1.807, 2.05) is 0 Å². The highest BCUT2D eigenvalue weighted by Gasteiger charge is 2.19. The van der Waals surface area contributed by atoms with Crippen LogP contribution in [0.1, 0.15) is 271 Å². The van der Waals surface area contributed by atoms with Crippen LogP contribution in [0, 0.1) is 0 Å². The van der Waals surface area contributed by atoms with Gasteiger partial charge in [-0.2, -0.15) is 0 Å². The summed E-state index contributed by atoms with van der Waals surface area (Å²) in [5, 5.41) is 0. The highest BCUT2D eigenvalue weighted by Crippen LogP contribution is 2.15. The molecule has 1 atom stereocenters. The second kappa shape index (κ2) is 61.4. The fourth-order valence-corrected chi connectivity index (χ4v) is 8.16. The Hall–Kier alpha value is -4.19. The Morgan fingerprint density at radius 1 is 0.284 bits per heavy atom. The van der Waals surface area contributed by atoms with Crippen LogP contribution >= 0.6 is 0 Å². The molecule has 0 saturated heterocycles. The largest absolute Gasteiger partial charge is 0.462 e. The van der Waals surface area contributed by atoms with Crippen LogP contribution < -0.4 is 0 Å². The first kappa shape index (κ1) is 69.8. The van der Waals surface area contributed by atoms with Crippen molar-refractivity contribution < 1.29 is 28.6 Å². The van der Waals surface area contributed by atoms with Crippen molar-refractivity contribution in [2.75, 3.05) is 13.2 Å². The molecular weight excluding hydrogens is 913 g/mol. The summed E-state index contributed by atoms with van der Waals surface area (Å²) in [6, 6.07) is 0. The Balaban J connectivity index is 4.43. The standard InChI is InChI=1S/C68H112O6/c1-4-7-10-13-16-19-22-25-28-30-32-33-34-35-37-38-40-43-46-49-52-55-58-61-67(70)73-64-65(63-72-66(69)60-57-54-51-48-45-42-27-24-21-18-15-12-9-6-3)74-68(71)62-59-56-53-50-47-44-41-39-36-31-29-26-23-20-17-14-11-8-5-2/h7-8,10-11,16-17,19-20,24-29,32-33,36,39,44,47,65H,4-6,9,12-15,18,21-23,30-31,34-35,37-38,40-43,45-46,48-64H2,1-3H3/b10-7-,11-8-,19-16-,20-17-,27-24-,28-25-,29-26-,33-32-,39-36-,47-44-. The van der Waals surface area contributed by atoms with Crippen LogP contribution in [0.2, 0.25) is 0 Å². The first-order valence-corrected chi connectivity index (χ1v) is 30.5. The second-order valence-corrected chi connectivity index (χ2v) is 19.8. The lowest BCUT2D eigenvalue weighted by molar-refractivity contribution is -0.167. The third kappa shape index (κ3) is 58.7. The highest BCUT2D eigenvalue weighted by molar-refractivity contribution is 5.71. The fraction of sp³-hybridized carbons (Fsp3) is 0.662. The van der Waals surface area contributed by atoms with Crippen LogP contribution in [0.25, 0.3) is 0 Å². The van der Waals surface area contributed by atoms with Gasteiger partial charge in [-0.1, -0.05) is 245 Å². The summed E-state index contributed by atoms with van der Waals surface area (Å²) in [5.41, 5.74) is 0. The molecule has 0 aromatic heterocycles. The first-order valence-electron chi connectivity index (χ1n) is 30.5. The molecule has 0 N–H and O–H groups in total. The Bertz CT molecular complexity index is 1550.